The van der Waals surface area contributed by atoms with Crippen molar-refractivity contribution in [3.63, 3.8) is 0 Å². The first-order chi connectivity index (χ1) is 12.1. The van der Waals surface area contributed by atoms with E-state index in [1.807, 2.05) is 0 Å². The predicted molar refractivity (Wildman–Crippen MR) is 89.6 cm³/mol. The third kappa shape index (κ3) is 6.57. The molecule has 2 aromatic rings. The Labute approximate surface area is 162 Å². The largest absolute Gasteiger partial charge is 2.00 e. The number of nitrogens with zero attached hydrogens (tertiary/aromatic N) is 3. The van der Waals surface area contributed by atoms with Gasteiger partial charge in [0.1, 0.15) is 0 Å². The minimum absolute atomic E-state index is 0. The van der Waals surface area contributed by atoms with Crippen LogP contribution in [0.5, 0.6) is 0 Å². The maximum Gasteiger partial charge on any atom is 2.00 e. The third-order valence-electron chi connectivity index (χ3n) is 3.37. The van der Waals surface area contributed by atoms with Gasteiger partial charge in [-0.15, -0.1) is 0 Å². The van der Waals surface area contributed by atoms with Gasteiger partial charge in [-0.3, -0.25) is 9.98 Å². The number of aromatic nitrogens is 3. The van der Waals surface area contributed by atoms with Gasteiger partial charge >= 0.3 is 23.0 Å². The molecule has 26 heavy (non-hydrogen) atoms. The van der Waals surface area contributed by atoms with Gasteiger partial charge in [0.25, 0.3) is 0 Å². The molecule has 9 nitrogen and oxygen atoms in total. The first-order valence-corrected chi connectivity index (χ1v) is 7.81. The van der Waals surface area contributed by atoms with Crippen LogP contribution in [0.4, 0.5) is 0 Å². The number of aliphatic imine (C=N–C) groups is 1. The summed E-state index contributed by atoms with van der Waals surface area (Å²) in [6.45, 7) is 1.66. The van der Waals surface area contributed by atoms with Crippen LogP contribution in [0.25, 0.3) is 0 Å². The number of aromatic amines is 1. The summed E-state index contributed by atoms with van der Waals surface area (Å²) < 4.78 is 4.73. The number of esters is 1. The van der Waals surface area contributed by atoms with Crippen LogP contribution >= 0.6 is 0 Å². The molecular weight excluding hydrogens is 388 g/mol. The summed E-state index contributed by atoms with van der Waals surface area (Å²) in [5.74, 6) is -1.17. The molecule has 0 saturated heterocycles. The summed E-state index contributed by atoms with van der Waals surface area (Å²) in [6.07, 6.45) is 3.25. The quantitative estimate of drug-likeness (QED) is 0.154. The summed E-state index contributed by atoms with van der Waals surface area (Å²) in [4.78, 5) is 26.9. The number of nitrogens with two attached hydrogens (primary N) is 1. The number of H-pyrrole nitrogens is 1. The molecule has 2 rings (SSSR count). The van der Waals surface area contributed by atoms with Gasteiger partial charge in [0, 0.05) is 43.8 Å². The Kier molecular flexibility index (Phi) is 9.53. The van der Waals surface area contributed by atoms with Crippen molar-refractivity contribution in [2.75, 3.05) is 20.2 Å². The number of rotatable bonds is 9. The second kappa shape index (κ2) is 11.4. The third-order valence-corrected chi connectivity index (χ3v) is 3.37. The number of ether oxygens (including phenoxy) is 1. The van der Waals surface area contributed by atoms with Crippen molar-refractivity contribution in [3.05, 3.63) is 47.8 Å². The molecule has 10 heteroatoms. The molecule has 0 bridgehead atoms. The van der Waals surface area contributed by atoms with E-state index in [4.69, 9.17) is 10.5 Å². The standard InChI is InChI=1S/C16H22N6O3.Cu/c1-25-16(24)14(7-12-9-19-10-20-12)22-15(23)13-4-2-3-11(21-13)8-18-6-5-17;/h2-4,9-10,14,18H,5-8,17H2,1H3,(H,19,20)(H,22,23);/q;+2/p-1. The fourth-order valence-corrected chi connectivity index (χ4v) is 2.15. The Morgan fingerprint density at radius 3 is 2.96 bits per heavy atom. The average Bonchev–Trinajstić information content (AvgIpc) is 3.14. The zero-order valence-corrected chi connectivity index (χ0v) is 15.2. The Hall–Kier alpha value is -2.26. The van der Waals surface area contributed by atoms with E-state index in [0.717, 1.165) is 0 Å². The van der Waals surface area contributed by atoms with Crippen molar-refractivity contribution in [1.82, 2.24) is 20.3 Å². The average molecular weight is 409 g/mol. The van der Waals surface area contributed by atoms with Crippen LogP contribution < -0.4 is 16.2 Å². The van der Waals surface area contributed by atoms with E-state index in [1.165, 1.54) is 13.4 Å². The summed E-state index contributed by atoms with van der Waals surface area (Å²) >= 11 is 0. The first kappa shape index (κ1) is 21.8. The van der Waals surface area contributed by atoms with Crippen LogP contribution in [0.15, 0.2) is 35.7 Å². The number of carbonyl (C=O) groups is 1. The zero-order chi connectivity index (χ0) is 18.1. The minimum Gasteiger partial charge on any atom is -0.857 e. The van der Waals surface area contributed by atoms with E-state index in [2.05, 4.69) is 25.3 Å². The van der Waals surface area contributed by atoms with Crippen molar-refractivity contribution in [2.24, 2.45) is 10.7 Å². The monoisotopic (exact) mass is 408 g/mol. The van der Waals surface area contributed by atoms with Crippen LogP contribution in [0.1, 0.15) is 17.1 Å². The number of hydrogen-bond donors (Lipinski definition) is 3. The van der Waals surface area contributed by atoms with Gasteiger partial charge < -0.3 is 25.9 Å². The van der Waals surface area contributed by atoms with Crippen LogP contribution in [0.3, 0.4) is 0 Å². The smallest absolute Gasteiger partial charge is 0.857 e. The number of carbonyl (C=O) groups excluding carboxylic acids is 1. The number of hydrogen-bond acceptors (Lipinski definition) is 8. The van der Waals surface area contributed by atoms with Crippen molar-refractivity contribution in [2.45, 2.75) is 19.0 Å². The Bertz CT molecular complexity index is 708. The molecule has 0 aromatic carbocycles. The fraction of sp³-hybridized carbons (Fsp3) is 0.375. The molecule has 143 valence electrons. The number of pyridine rings is 1. The molecule has 1 radical (unpaired) electrons. The molecule has 0 saturated carbocycles. The second-order valence-corrected chi connectivity index (χ2v) is 5.23. The van der Waals surface area contributed by atoms with Gasteiger partial charge in [-0.05, 0) is 12.1 Å². The molecule has 0 spiro atoms. The molecule has 0 aliphatic carbocycles. The van der Waals surface area contributed by atoms with Gasteiger partial charge in [0.2, 0.25) is 0 Å². The van der Waals surface area contributed by atoms with E-state index >= 15 is 0 Å². The summed E-state index contributed by atoms with van der Waals surface area (Å²) in [7, 11) is 1.25. The number of imidazole rings is 1. The summed E-state index contributed by atoms with van der Waals surface area (Å²) in [5.41, 5.74) is 6.96. The number of nitrogens with one attached hydrogen (secondary N) is 2. The SMILES string of the molecule is COC(=O)C(Cc1cnc[nH]1)N=C([O-])c1cccc(CNCCN)n1.[Cu+2]. The molecule has 1 atom stereocenters. The zero-order valence-electron chi connectivity index (χ0n) is 14.2. The van der Waals surface area contributed by atoms with Gasteiger partial charge in [-0.1, -0.05) is 6.07 Å². The predicted octanol–water partition coefficient (Wildman–Crippen LogP) is -1.26. The summed E-state index contributed by atoms with van der Waals surface area (Å²) in [5, 5.41) is 15.5. The van der Waals surface area contributed by atoms with Crippen LogP contribution in [-0.4, -0.2) is 53.1 Å². The van der Waals surface area contributed by atoms with E-state index < -0.39 is 17.9 Å². The van der Waals surface area contributed by atoms with Gasteiger partial charge in [-0.25, -0.2) is 9.78 Å². The molecule has 0 aliphatic rings. The number of methoxy groups -OCH3 is 1. The first-order valence-electron chi connectivity index (χ1n) is 7.81. The Morgan fingerprint density at radius 2 is 2.31 bits per heavy atom. The van der Waals surface area contributed by atoms with Gasteiger partial charge in [0.15, 0.2) is 6.04 Å². The van der Waals surface area contributed by atoms with Crippen molar-refractivity contribution < 1.29 is 31.7 Å². The molecule has 0 aliphatic heterocycles. The van der Waals surface area contributed by atoms with E-state index in [1.54, 1.807) is 24.4 Å². The van der Waals surface area contributed by atoms with E-state index in [-0.39, 0.29) is 29.2 Å². The molecule has 2 heterocycles. The van der Waals surface area contributed by atoms with E-state index in [0.29, 0.717) is 31.0 Å². The maximum atomic E-state index is 12.4. The van der Waals surface area contributed by atoms with Gasteiger partial charge in [0.05, 0.1) is 24.8 Å². The molecule has 2 aromatic heterocycles. The Morgan fingerprint density at radius 1 is 1.50 bits per heavy atom. The van der Waals surface area contributed by atoms with Gasteiger partial charge in [-0.2, -0.15) is 0 Å². The van der Waals surface area contributed by atoms with Crippen molar-refractivity contribution in [3.8, 4) is 0 Å². The molecule has 4 N–H and O–H groups in total. The van der Waals surface area contributed by atoms with Crippen molar-refractivity contribution >= 4 is 11.9 Å². The Balaban J connectivity index is 0.00000338. The fourth-order valence-electron chi connectivity index (χ4n) is 2.15. The molecule has 1 unspecified atom stereocenters. The van der Waals surface area contributed by atoms with Crippen LogP contribution in [0, 0.1) is 0 Å². The van der Waals surface area contributed by atoms with Crippen molar-refractivity contribution in [1.29, 1.82) is 0 Å². The normalized spacial score (nSPS) is 12.3. The van der Waals surface area contributed by atoms with Crippen LogP contribution in [0.2, 0.25) is 0 Å². The second-order valence-electron chi connectivity index (χ2n) is 5.23. The molecule has 0 fully saturated rings. The maximum absolute atomic E-state index is 12.4. The molecule has 0 amide bonds. The summed E-state index contributed by atoms with van der Waals surface area (Å²) in [6, 6.07) is 4.11. The molecular formula is C16H21CuN6O3+. The van der Waals surface area contributed by atoms with Crippen LogP contribution in [-0.2, 0) is 39.6 Å². The van der Waals surface area contributed by atoms with E-state index in [9.17, 15) is 9.90 Å². The topological polar surface area (TPSA) is 141 Å². The minimum atomic E-state index is -0.959.